The SMILES string of the molecule is CC(C)CCS(=O)(=O)N(CCO)C1CCCCC1. The second-order valence-corrected chi connectivity index (χ2v) is 7.67. The highest BCUT2D eigenvalue weighted by molar-refractivity contribution is 7.89. The lowest BCUT2D eigenvalue weighted by molar-refractivity contribution is 0.199. The molecule has 1 rings (SSSR count). The highest BCUT2D eigenvalue weighted by Crippen LogP contribution is 2.25. The van der Waals surface area contributed by atoms with Crippen molar-refractivity contribution in [3.05, 3.63) is 0 Å². The van der Waals surface area contributed by atoms with Crippen molar-refractivity contribution in [3.63, 3.8) is 0 Å². The fourth-order valence-corrected chi connectivity index (χ4v) is 4.55. The summed E-state index contributed by atoms with van der Waals surface area (Å²) in [6, 6.07) is 0.114. The van der Waals surface area contributed by atoms with Gasteiger partial charge < -0.3 is 5.11 Å². The Kier molecular flexibility index (Phi) is 6.60. The Balaban J connectivity index is 2.69. The summed E-state index contributed by atoms with van der Waals surface area (Å²) >= 11 is 0. The van der Waals surface area contributed by atoms with E-state index in [1.807, 2.05) is 13.8 Å². The van der Waals surface area contributed by atoms with Crippen LogP contribution < -0.4 is 0 Å². The Hall–Kier alpha value is -0.130. The molecule has 1 aliphatic carbocycles. The van der Waals surface area contributed by atoms with Crippen LogP contribution in [-0.4, -0.2) is 42.8 Å². The molecule has 0 unspecified atom stereocenters. The molecule has 0 aromatic carbocycles. The van der Waals surface area contributed by atoms with E-state index in [1.54, 1.807) is 4.31 Å². The van der Waals surface area contributed by atoms with E-state index in [0.29, 0.717) is 12.3 Å². The highest BCUT2D eigenvalue weighted by atomic mass is 32.2. The van der Waals surface area contributed by atoms with E-state index in [0.717, 1.165) is 25.7 Å². The topological polar surface area (TPSA) is 57.6 Å². The lowest BCUT2D eigenvalue weighted by atomic mass is 9.95. The molecular weight excluding hydrogens is 250 g/mol. The first-order valence-corrected chi connectivity index (χ1v) is 8.68. The maximum atomic E-state index is 12.3. The van der Waals surface area contributed by atoms with Crippen LogP contribution in [0.4, 0.5) is 0 Å². The Bertz CT molecular complexity index is 321. The van der Waals surface area contributed by atoms with Gasteiger partial charge in [0.15, 0.2) is 0 Å². The summed E-state index contributed by atoms with van der Waals surface area (Å²) in [5.74, 6) is 0.600. The quantitative estimate of drug-likeness (QED) is 0.774. The normalized spacial score (nSPS) is 18.7. The maximum absolute atomic E-state index is 12.3. The molecule has 0 aromatic rings. The second kappa shape index (κ2) is 7.46. The molecule has 1 fully saturated rings. The zero-order valence-electron chi connectivity index (χ0n) is 11.6. The highest BCUT2D eigenvalue weighted by Gasteiger charge is 2.30. The van der Waals surface area contributed by atoms with Gasteiger partial charge in [-0.1, -0.05) is 33.1 Å². The fourth-order valence-electron chi connectivity index (χ4n) is 2.52. The largest absolute Gasteiger partial charge is 0.395 e. The van der Waals surface area contributed by atoms with Gasteiger partial charge in [-0.2, -0.15) is 4.31 Å². The molecular formula is C13H27NO3S. The number of sulfonamides is 1. The summed E-state index contributed by atoms with van der Waals surface area (Å²) in [6.45, 7) is 4.24. The third-order valence-corrected chi connectivity index (χ3v) is 5.56. The van der Waals surface area contributed by atoms with E-state index >= 15 is 0 Å². The minimum atomic E-state index is -3.21. The zero-order valence-corrected chi connectivity index (χ0v) is 12.5. The summed E-state index contributed by atoms with van der Waals surface area (Å²) in [7, 11) is -3.21. The molecule has 1 aliphatic rings. The number of hydrogen-bond acceptors (Lipinski definition) is 3. The number of rotatable bonds is 7. The van der Waals surface area contributed by atoms with Crippen LogP contribution in [0.3, 0.4) is 0 Å². The lowest BCUT2D eigenvalue weighted by Crippen LogP contribution is -2.44. The molecule has 0 amide bonds. The predicted molar refractivity (Wildman–Crippen MR) is 73.9 cm³/mol. The minimum absolute atomic E-state index is 0.0859. The van der Waals surface area contributed by atoms with E-state index in [1.165, 1.54) is 6.42 Å². The van der Waals surface area contributed by atoms with Crippen molar-refractivity contribution in [1.82, 2.24) is 4.31 Å². The third-order valence-electron chi connectivity index (χ3n) is 3.61. The van der Waals surface area contributed by atoms with Crippen molar-refractivity contribution in [3.8, 4) is 0 Å². The van der Waals surface area contributed by atoms with Crippen LogP contribution in [-0.2, 0) is 10.0 Å². The van der Waals surface area contributed by atoms with Crippen molar-refractivity contribution in [2.24, 2.45) is 5.92 Å². The van der Waals surface area contributed by atoms with Crippen LogP contribution in [0.15, 0.2) is 0 Å². The van der Waals surface area contributed by atoms with Crippen molar-refractivity contribution >= 4 is 10.0 Å². The Morgan fingerprint density at radius 3 is 2.33 bits per heavy atom. The number of aliphatic hydroxyl groups excluding tert-OH is 1. The molecule has 5 heteroatoms. The van der Waals surface area contributed by atoms with Crippen molar-refractivity contribution in [1.29, 1.82) is 0 Å². The molecule has 1 N–H and O–H groups in total. The van der Waals surface area contributed by atoms with Gasteiger partial charge in [0.1, 0.15) is 0 Å². The number of aliphatic hydroxyl groups is 1. The molecule has 18 heavy (non-hydrogen) atoms. The standard InChI is InChI=1S/C13H27NO3S/c1-12(2)8-11-18(16,17)14(9-10-15)13-6-4-3-5-7-13/h12-13,15H,3-11H2,1-2H3. The summed E-state index contributed by atoms with van der Waals surface area (Å²) in [4.78, 5) is 0. The third kappa shape index (κ3) is 4.86. The van der Waals surface area contributed by atoms with Crippen molar-refractivity contribution < 1.29 is 13.5 Å². The first-order chi connectivity index (χ1) is 8.47. The predicted octanol–water partition coefficient (Wildman–Crippen LogP) is 1.99. The van der Waals surface area contributed by atoms with E-state index in [9.17, 15) is 8.42 Å². The maximum Gasteiger partial charge on any atom is 0.214 e. The zero-order chi connectivity index (χ0) is 13.6. The molecule has 0 atom stereocenters. The van der Waals surface area contributed by atoms with Crippen LogP contribution in [0.5, 0.6) is 0 Å². The monoisotopic (exact) mass is 277 g/mol. The minimum Gasteiger partial charge on any atom is -0.395 e. The van der Waals surface area contributed by atoms with Crippen LogP contribution in [0.25, 0.3) is 0 Å². The fraction of sp³-hybridized carbons (Fsp3) is 1.00. The van der Waals surface area contributed by atoms with Crippen LogP contribution >= 0.6 is 0 Å². The smallest absolute Gasteiger partial charge is 0.214 e. The Morgan fingerprint density at radius 1 is 1.22 bits per heavy atom. The molecule has 0 spiro atoms. The molecule has 0 bridgehead atoms. The van der Waals surface area contributed by atoms with E-state index in [-0.39, 0.29) is 24.9 Å². The van der Waals surface area contributed by atoms with Gasteiger partial charge in [-0.05, 0) is 25.2 Å². The van der Waals surface area contributed by atoms with Gasteiger partial charge in [0.05, 0.1) is 12.4 Å². The molecule has 0 aromatic heterocycles. The Morgan fingerprint density at radius 2 is 1.83 bits per heavy atom. The molecule has 1 saturated carbocycles. The van der Waals surface area contributed by atoms with Gasteiger partial charge in [-0.25, -0.2) is 8.42 Å². The van der Waals surface area contributed by atoms with Gasteiger partial charge in [0.2, 0.25) is 10.0 Å². The van der Waals surface area contributed by atoms with Gasteiger partial charge in [0.25, 0.3) is 0 Å². The molecule has 0 saturated heterocycles. The van der Waals surface area contributed by atoms with Crippen LogP contribution in [0, 0.1) is 5.92 Å². The summed E-state index contributed by atoms with van der Waals surface area (Å²) < 4.78 is 26.2. The number of hydrogen-bond donors (Lipinski definition) is 1. The summed E-state index contributed by atoms with van der Waals surface area (Å²) in [5.41, 5.74) is 0. The Labute approximate surface area is 111 Å². The molecule has 0 heterocycles. The van der Waals surface area contributed by atoms with E-state index in [4.69, 9.17) is 5.11 Å². The van der Waals surface area contributed by atoms with Crippen LogP contribution in [0.1, 0.15) is 52.4 Å². The summed E-state index contributed by atoms with van der Waals surface area (Å²) in [5, 5.41) is 9.10. The molecule has 0 aliphatic heterocycles. The second-order valence-electron chi connectivity index (χ2n) is 5.62. The van der Waals surface area contributed by atoms with Crippen molar-refractivity contribution in [2.45, 2.75) is 58.4 Å². The van der Waals surface area contributed by atoms with Crippen LogP contribution in [0.2, 0.25) is 0 Å². The number of nitrogens with zero attached hydrogens (tertiary/aromatic N) is 1. The average molecular weight is 277 g/mol. The first-order valence-electron chi connectivity index (χ1n) is 7.07. The van der Waals surface area contributed by atoms with Gasteiger partial charge in [-0.15, -0.1) is 0 Å². The molecule has 0 radical (unpaired) electrons. The first kappa shape index (κ1) is 15.9. The molecule has 108 valence electrons. The molecule has 4 nitrogen and oxygen atoms in total. The van der Waals surface area contributed by atoms with E-state index < -0.39 is 10.0 Å². The van der Waals surface area contributed by atoms with Gasteiger partial charge in [0, 0.05) is 12.6 Å². The summed E-state index contributed by atoms with van der Waals surface area (Å²) in [6.07, 6.45) is 5.99. The van der Waals surface area contributed by atoms with Gasteiger partial charge >= 0.3 is 0 Å². The van der Waals surface area contributed by atoms with E-state index in [2.05, 4.69) is 0 Å². The lowest BCUT2D eigenvalue weighted by Gasteiger charge is -2.33. The van der Waals surface area contributed by atoms with Gasteiger partial charge in [-0.3, -0.25) is 0 Å². The average Bonchev–Trinajstić information content (AvgIpc) is 2.34. The van der Waals surface area contributed by atoms with Crippen molar-refractivity contribution in [2.75, 3.05) is 18.9 Å².